The van der Waals surface area contributed by atoms with E-state index in [0.717, 1.165) is 41.8 Å². The molecule has 2 aliphatic rings. The van der Waals surface area contributed by atoms with E-state index in [2.05, 4.69) is 56.5 Å². The molecular weight excluding hydrogens is 376 g/mol. The Bertz CT molecular complexity index is 670. The number of benzene rings is 2. The molecule has 25 heavy (non-hydrogen) atoms. The van der Waals surface area contributed by atoms with E-state index in [1.807, 2.05) is 24.3 Å². The fourth-order valence-electron chi connectivity index (χ4n) is 3.62. The van der Waals surface area contributed by atoms with Crippen LogP contribution in [-0.2, 0) is 0 Å². The monoisotopic (exact) mass is 400 g/mol. The number of nitrogens with one attached hydrogen (secondary N) is 1. The summed E-state index contributed by atoms with van der Waals surface area (Å²) in [6.45, 7) is 5.32. The van der Waals surface area contributed by atoms with Crippen molar-refractivity contribution in [1.82, 2.24) is 10.2 Å². The van der Waals surface area contributed by atoms with Gasteiger partial charge in [0.05, 0.1) is 0 Å². The Kier molecular flexibility index (Phi) is 5.39. The first-order valence-electron chi connectivity index (χ1n) is 9.17. The highest BCUT2D eigenvalue weighted by Crippen LogP contribution is 2.40. The summed E-state index contributed by atoms with van der Waals surface area (Å²) >= 11 is 3.44. The van der Waals surface area contributed by atoms with Gasteiger partial charge in [0.2, 0.25) is 0 Å². The van der Waals surface area contributed by atoms with Gasteiger partial charge in [0.15, 0.2) is 0 Å². The number of likely N-dealkylation sites (tertiary alicyclic amines) is 1. The Morgan fingerprint density at radius 2 is 1.80 bits per heavy atom. The Morgan fingerprint density at radius 1 is 1.04 bits per heavy atom. The minimum Gasteiger partial charge on any atom is -0.492 e. The van der Waals surface area contributed by atoms with E-state index in [1.165, 1.54) is 25.1 Å². The second kappa shape index (κ2) is 7.90. The third kappa shape index (κ3) is 4.63. The molecule has 1 saturated heterocycles. The van der Waals surface area contributed by atoms with Gasteiger partial charge in [0.25, 0.3) is 0 Å². The lowest BCUT2D eigenvalue weighted by Gasteiger charge is -2.39. The van der Waals surface area contributed by atoms with E-state index in [9.17, 15) is 0 Å². The molecule has 0 radical (unpaired) electrons. The van der Waals surface area contributed by atoms with Gasteiger partial charge in [-0.25, -0.2) is 0 Å². The molecule has 3 nitrogen and oxygen atoms in total. The van der Waals surface area contributed by atoms with E-state index in [1.54, 1.807) is 0 Å². The smallest absolute Gasteiger partial charge is 0.119 e. The van der Waals surface area contributed by atoms with Gasteiger partial charge >= 0.3 is 0 Å². The van der Waals surface area contributed by atoms with Crippen molar-refractivity contribution in [3.05, 3.63) is 64.6 Å². The zero-order chi connectivity index (χ0) is 17.1. The number of nitrogens with zero attached hydrogens (tertiary/aromatic N) is 1. The lowest BCUT2D eigenvalue weighted by molar-refractivity contribution is 0.0820. The van der Waals surface area contributed by atoms with Crippen LogP contribution in [-0.4, -0.2) is 43.7 Å². The van der Waals surface area contributed by atoms with Crippen LogP contribution in [0.25, 0.3) is 0 Å². The normalized spacial score (nSPS) is 23.2. The summed E-state index contributed by atoms with van der Waals surface area (Å²) in [6.07, 6.45) is 1.29. The quantitative estimate of drug-likeness (QED) is 0.726. The number of hydrogen-bond donors (Lipinski definition) is 1. The molecule has 0 spiro atoms. The molecule has 2 unspecified atom stereocenters. The van der Waals surface area contributed by atoms with E-state index in [-0.39, 0.29) is 0 Å². The zero-order valence-electron chi connectivity index (χ0n) is 14.4. The lowest BCUT2D eigenvalue weighted by Crippen LogP contribution is -2.52. The highest BCUT2D eigenvalue weighted by molar-refractivity contribution is 9.10. The molecular formula is C21H25BrN2O. The SMILES string of the molecule is Brc1ccc(OCCN2CC(CNC3CC3c3ccccc3)C2)cc1. The standard InChI is InChI=1S/C21H25BrN2O/c22-18-6-8-19(9-7-18)25-11-10-24-14-16(15-24)13-23-21-12-20(21)17-4-2-1-3-5-17/h1-9,16,20-21,23H,10-15H2. The summed E-state index contributed by atoms with van der Waals surface area (Å²) in [5, 5.41) is 3.75. The summed E-state index contributed by atoms with van der Waals surface area (Å²) in [6, 6.07) is 19.6. The van der Waals surface area contributed by atoms with Crippen LogP contribution in [0, 0.1) is 5.92 Å². The second-order valence-corrected chi connectivity index (χ2v) is 8.11. The molecule has 4 rings (SSSR count). The van der Waals surface area contributed by atoms with Crippen molar-refractivity contribution in [3.8, 4) is 5.75 Å². The van der Waals surface area contributed by atoms with Crippen molar-refractivity contribution in [2.75, 3.05) is 32.8 Å². The molecule has 4 heteroatoms. The fraction of sp³-hybridized carbons (Fsp3) is 0.429. The lowest BCUT2D eigenvalue weighted by atomic mass is 10.0. The number of halogens is 1. The van der Waals surface area contributed by atoms with Crippen LogP contribution in [0.15, 0.2) is 59.1 Å². The molecule has 132 valence electrons. The van der Waals surface area contributed by atoms with Crippen LogP contribution in [0.3, 0.4) is 0 Å². The highest BCUT2D eigenvalue weighted by Gasteiger charge is 2.38. The summed E-state index contributed by atoms with van der Waals surface area (Å²) in [4.78, 5) is 2.48. The van der Waals surface area contributed by atoms with Gasteiger partial charge in [-0.2, -0.15) is 0 Å². The van der Waals surface area contributed by atoms with E-state index >= 15 is 0 Å². The minimum absolute atomic E-state index is 0.692. The molecule has 2 atom stereocenters. The van der Waals surface area contributed by atoms with Crippen LogP contribution < -0.4 is 10.1 Å². The average Bonchev–Trinajstić information content (AvgIpc) is 3.38. The first kappa shape index (κ1) is 17.1. The molecule has 1 saturated carbocycles. The van der Waals surface area contributed by atoms with Crippen molar-refractivity contribution < 1.29 is 4.74 Å². The van der Waals surface area contributed by atoms with Crippen molar-refractivity contribution in [2.24, 2.45) is 5.92 Å². The van der Waals surface area contributed by atoms with Crippen molar-refractivity contribution in [1.29, 1.82) is 0 Å². The molecule has 1 aliphatic carbocycles. The maximum absolute atomic E-state index is 5.80. The molecule has 0 bridgehead atoms. The predicted molar refractivity (Wildman–Crippen MR) is 105 cm³/mol. The minimum atomic E-state index is 0.692. The van der Waals surface area contributed by atoms with E-state index in [0.29, 0.717) is 6.04 Å². The Morgan fingerprint density at radius 3 is 2.56 bits per heavy atom. The van der Waals surface area contributed by atoms with Crippen molar-refractivity contribution in [3.63, 3.8) is 0 Å². The number of ether oxygens (including phenoxy) is 1. The Labute approximate surface area is 158 Å². The summed E-state index contributed by atoms with van der Waals surface area (Å²) in [5.41, 5.74) is 1.49. The maximum atomic E-state index is 5.80. The van der Waals surface area contributed by atoms with Gasteiger partial charge in [-0.15, -0.1) is 0 Å². The van der Waals surface area contributed by atoms with Crippen LogP contribution in [0.4, 0.5) is 0 Å². The third-order valence-corrected chi connectivity index (χ3v) is 5.74. The second-order valence-electron chi connectivity index (χ2n) is 7.20. The van der Waals surface area contributed by atoms with Crippen LogP contribution in [0.5, 0.6) is 5.75 Å². The van der Waals surface area contributed by atoms with Gasteiger partial charge in [-0.1, -0.05) is 46.3 Å². The van der Waals surface area contributed by atoms with Gasteiger partial charge in [0.1, 0.15) is 12.4 Å². The molecule has 0 aromatic heterocycles. The molecule has 2 fully saturated rings. The summed E-state index contributed by atoms with van der Waals surface area (Å²) in [5.74, 6) is 2.48. The topological polar surface area (TPSA) is 24.5 Å². The largest absolute Gasteiger partial charge is 0.492 e. The van der Waals surface area contributed by atoms with Gasteiger partial charge < -0.3 is 10.1 Å². The number of rotatable bonds is 8. The molecule has 1 aliphatic heterocycles. The summed E-state index contributed by atoms with van der Waals surface area (Å²) < 4.78 is 6.88. The van der Waals surface area contributed by atoms with Gasteiger partial charge in [-0.3, -0.25) is 4.90 Å². The molecule has 2 aromatic rings. The predicted octanol–water partition coefficient (Wildman–Crippen LogP) is 3.91. The molecule has 2 aromatic carbocycles. The Balaban J connectivity index is 1.08. The first-order chi connectivity index (χ1) is 12.3. The zero-order valence-corrected chi connectivity index (χ0v) is 16.0. The highest BCUT2D eigenvalue weighted by atomic mass is 79.9. The molecule has 1 heterocycles. The van der Waals surface area contributed by atoms with Crippen LogP contribution in [0.1, 0.15) is 17.9 Å². The average molecular weight is 401 g/mol. The van der Waals surface area contributed by atoms with Crippen molar-refractivity contribution >= 4 is 15.9 Å². The molecule has 1 N–H and O–H groups in total. The maximum Gasteiger partial charge on any atom is 0.119 e. The van der Waals surface area contributed by atoms with Crippen LogP contribution >= 0.6 is 15.9 Å². The van der Waals surface area contributed by atoms with E-state index < -0.39 is 0 Å². The first-order valence-corrected chi connectivity index (χ1v) is 9.96. The van der Waals surface area contributed by atoms with E-state index in [4.69, 9.17) is 4.74 Å². The summed E-state index contributed by atoms with van der Waals surface area (Å²) in [7, 11) is 0. The Hall–Kier alpha value is -1.36. The van der Waals surface area contributed by atoms with Crippen molar-refractivity contribution in [2.45, 2.75) is 18.4 Å². The van der Waals surface area contributed by atoms with Gasteiger partial charge in [0, 0.05) is 42.6 Å². The van der Waals surface area contributed by atoms with Crippen LogP contribution in [0.2, 0.25) is 0 Å². The number of hydrogen-bond acceptors (Lipinski definition) is 3. The van der Waals surface area contributed by atoms with Gasteiger partial charge in [-0.05, 0) is 42.2 Å². The molecule has 0 amide bonds. The third-order valence-electron chi connectivity index (χ3n) is 5.21. The fourth-order valence-corrected chi connectivity index (χ4v) is 3.88.